The van der Waals surface area contributed by atoms with Crippen LogP contribution in [0.15, 0.2) is 60.8 Å². The normalized spacial score (nSPS) is 10.3. The first-order valence-corrected chi connectivity index (χ1v) is 7.64. The molecule has 124 valence electrons. The predicted octanol–water partition coefficient (Wildman–Crippen LogP) is 3.19. The quantitative estimate of drug-likeness (QED) is 0.699. The van der Waals surface area contributed by atoms with Crippen molar-refractivity contribution in [3.8, 4) is 11.3 Å². The van der Waals surface area contributed by atoms with E-state index in [0.717, 1.165) is 16.9 Å². The van der Waals surface area contributed by atoms with E-state index in [4.69, 9.17) is 5.73 Å². The Kier molecular flexibility index (Phi) is 4.52. The maximum Gasteiger partial charge on any atom is 0.248 e. The van der Waals surface area contributed by atoms with Gasteiger partial charge in [0.15, 0.2) is 5.78 Å². The summed E-state index contributed by atoms with van der Waals surface area (Å²) in [5.41, 5.74) is 8.69. The van der Waals surface area contributed by atoms with Crippen molar-refractivity contribution in [3.63, 3.8) is 0 Å². The Morgan fingerprint density at radius 2 is 1.56 bits per heavy atom. The summed E-state index contributed by atoms with van der Waals surface area (Å²) in [6, 6.07) is 15.8. The molecular formula is C19H16N4O2. The van der Waals surface area contributed by atoms with E-state index in [9.17, 15) is 9.59 Å². The number of nitrogens with zero attached hydrogens (tertiary/aromatic N) is 2. The Bertz CT molecular complexity index is 919. The lowest BCUT2D eigenvalue weighted by Gasteiger charge is -2.07. The van der Waals surface area contributed by atoms with E-state index in [1.54, 1.807) is 48.7 Å². The maximum atomic E-state index is 11.4. The fraction of sp³-hybridized carbons (Fsp3) is 0.0526. The summed E-state index contributed by atoms with van der Waals surface area (Å²) in [5.74, 6) is -0.0187. The number of nitrogens with one attached hydrogen (secondary N) is 1. The number of amides is 1. The maximum absolute atomic E-state index is 11.4. The van der Waals surface area contributed by atoms with Crippen molar-refractivity contribution < 1.29 is 9.59 Å². The van der Waals surface area contributed by atoms with Gasteiger partial charge in [-0.25, -0.2) is 9.97 Å². The molecule has 6 heteroatoms. The van der Waals surface area contributed by atoms with E-state index >= 15 is 0 Å². The minimum absolute atomic E-state index is 0.0241. The van der Waals surface area contributed by atoms with Crippen LogP contribution in [0.3, 0.4) is 0 Å². The van der Waals surface area contributed by atoms with Gasteiger partial charge in [0, 0.05) is 28.6 Å². The number of benzene rings is 2. The minimum Gasteiger partial charge on any atom is -0.366 e. The van der Waals surface area contributed by atoms with Gasteiger partial charge in [0.05, 0.1) is 5.69 Å². The number of hydrogen-bond acceptors (Lipinski definition) is 5. The molecule has 1 heterocycles. The van der Waals surface area contributed by atoms with E-state index in [2.05, 4.69) is 15.3 Å². The van der Waals surface area contributed by atoms with Crippen LogP contribution in [0.2, 0.25) is 0 Å². The second-order valence-corrected chi connectivity index (χ2v) is 5.47. The first-order valence-electron chi connectivity index (χ1n) is 7.64. The molecule has 0 atom stereocenters. The number of primary amides is 1. The molecule has 0 aliphatic rings. The number of Topliss-reactive ketones (excluding diaryl/α,β-unsaturated/α-hetero) is 1. The molecule has 0 bridgehead atoms. The molecule has 0 aliphatic heterocycles. The number of ketones is 1. The molecule has 1 aromatic heterocycles. The average Bonchev–Trinajstić information content (AvgIpc) is 2.62. The lowest BCUT2D eigenvalue weighted by atomic mass is 10.1. The van der Waals surface area contributed by atoms with Gasteiger partial charge >= 0.3 is 0 Å². The molecule has 1 amide bonds. The van der Waals surface area contributed by atoms with E-state index in [1.165, 1.54) is 6.92 Å². The molecule has 6 nitrogen and oxygen atoms in total. The Labute approximate surface area is 144 Å². The Morgan fingerprint density at radius 3 is 2.16 bits per heavy atom. The molecule has 0 saturated carbocycles. The molecule has 3 N–H and O–H groups in total. The van der Waals surface area contributed by atoms with Crippen molar-refractivity contribution in [1.29, 1.82) is 0 Å². The van der Waals surface area contributed by atoms with Crippen LogP contribution >= 0.6 is 0 Å². The molecule has 3 aromatic rings. The Balaban J connectivity index is 1.81. The third kappa shape index (κ3) is 3.87. The van der Waals surface area contributed by atoms with Crippen LogP contribution in [0.5, 0.6) is 0 Å². The zero-order valence-electron chi connectivity index (χ0n) is 13.6. The summed E-state index contributed by atoms with van der Waals surface area (Å²) in [7, 11) is 0. The van der Waals surface area contributed by atoms with Crippen molar-refractivity contribution in [2.45, 2.75) is 6.92 Å². The van der Waals surface area contributed by atoms with Gasteiger partial charge in [0.1, 0.15) is 0 Å². The molecule has 0 radical (unpaired) electrons. The largest absolute Gasteiger partial charge is 0.366 e. The van der Waals surface area contributed by atoms with Gasteiger partial charge in [-0.2, -0.15) is 0 Å². The van der Waals surface area contributed by atoms with Crippen LogP contribution in [0.1, 0.15) is 27.6 Å². The highest BCUT2D eigenvalue weighted by Gasteiger charge is 2.05. The summed E-state index contributed by atoms with van der Waals surface area (Å²) in [6.07, 6.45) is 1.65. The van der Waals surface area contributed by atoms with Crippen LogP contribution < -0.4 is 11.1 Å². The molecule has 2 aromatic carbocycles. The summed E-state index contributed by atoms with van der Waals surface area (Å²) in [6.45, 7) is 1.53. The Hall–Kier alpha value is -3.54. The second-order valence-electron chi connectivity index (χ2n) is 5.47. The van der Waals surface area contributed by atoms with Gasteiger partial charge in [-0.15, -0.1) is 0 Å². The Morgan fingerprint density at radius 1 is 0.920 bits per heavy atom. The van der Waals surface area contributed by atoms with Crippen molar-refractivity contribution in [3.05, 3.63) is 71.9 Å². The highest BCUT2D eigenvalue weighted by molar-refractivity contribution is 5.94. The molecule has 0 spiro atoms. The first-order chi connectivity index (χ1) is 12.0. The molecular weight excluding hydrogens is 316 g/mol. The van der Waals surface area contributed by atoms with Gasteiger partial charge in [-0.3, -0.25) is 9.59 Å². The zero-order chi connectivity index (χ0) is 17.8. The lowest BCUT2D eigenvalue weighted by molar-refractivity contribution is 0.0996. The van der Waals surface area contributed by atoms with Crippen molar-refractivity contribution in [2.24, 2.45) is 5.73 Å². The van der Waals surface area contributed by atoms with Crippen LogP contribution in [-0.2, 0) is 0 Å². The summed E-state index contributed by atoms with van der Waals surface area (Å²) in [5, 5.41) is 3.08. The first kappa shape index (κ1) is 16.3. The smallest absolute Gasteiger partial charge is 0.248 e. The second kappa shape index (κ2) is 6.92. The highest BCUT2D eigenvalue weighted by Crippen LogP contribution is 2.20. The van der Waals surface area contributed by atoms with Crippen molar-refractivity contribution in [1.82, 2.24) is 9.97 Å². The lowest BCUT2D eigenvalue weighted by Crippen LogP contribution is -2.10. The fourth-order valence-corrected chi connectivity index (χ4v) is 2.30. The van der Waals surface area contributed by atoms with Crippen molar-refractivity contribution in [2.75, 3.05) is 5.32 Å². The van der Waals surface area contributed by atoms with Gasteiger partial charge in [0.25, 0.3) is 0 Å². The summed E-state index contributed by atoms with van der Waals surface area (Å²) >= 11 is 0. The minimum atomic E-state index is -0.473. The van der Waals surface area contributed by atoms with Gasteiger partial charge in [-0.05, 0) is 37.3 Å². The number of anilines is 2. The number of carbonyl (C=O) groups is 2. The number of aromatic nitrogens is 2. The standard InChI is InChI=1S/C19H16N4O2/c1-12(24)13-2-4-14(5-3-13)17-10-11-21-19(23-17)22-16-8-6-15(7-9-16)18(20)25/h2-11H,1H3,(H2,20,25)(H,21,22,23). The molecule has 0 unspecified atom stereocenters. The van der Waals surface area contributed by atoms with Gasteiger partial charge in [-0.1, -0.05) is 24.3 Å². The number of nitrogens with two attached hydrogens (primary N) is 1. The summed E-state index contributed by atoms with van der Waals surface area (Å²) in [4.78, 5) is 31.1. The predicted molar refractivity (Wildman–Crippen MR) is 95.7 cm³/mol. The SMILES string of the molecule is CC(=O)c1ccc(-c2ccnc(Nc3ccc(C(N)=O)cc3)n2)cc1. The molecule has 0 saturated heterocycles. The summed E-state index contributed by atoms with van der Waals surface area (Å²) < 4.78 is 0. The van der Waals surface area contributed by atoms with Crippen LogP contribution in [0, 0.1) is 0 Å². The zero-order valence-corrected chi connectivity index (χ0v) is 13.6. The van der Waals surface area contributed by atoms with Crippen LogP contribution in [0.4, 0.5) is 11.6 Å². The van der Waals surface area contributed by atoms with E-state index in [-0.39, 0.29) is 5.78 Å². The molecule has 0 aliphatic carbocycles. The number of hydrogen-bond donors (Lipinski definition) is 2. The van der Waals surface area contributed by atoms with E-state index in [0.29, 0.717) is 17.1 Å². The van der Waals surface area contributed by atoms with Gasteiger partial charge < -0.3 is 11.1 Å². The molecule has 3 rings (SSSR count). The van der Waals surface area contributed by atoms with Crippen LogP contribution in [0.25, 0.3) is 11.3 Å². The van der Waals surface area contributed by atoms with Crippen LogP contribution in [-0.4, -0.2) is 21.7 Å². The number of rotatable bonds is 5. The average molecular weight is 332 g/mol. The third-order valence-corrected chi connectivity index (χ3v) is 3.67. The van der Waals surface area contributed by atoms with Gasteiger partial charge in [0.2, 0.25) is 11.9 Å². The molecule has 0 fully saturated rings. The van der Waals surface area contributed by atoms with Crippen molar-refractivity contribution >= 4 is 23.3 Å². The fourth-order valence-electron chi connectivity index (χ4n) is 2.30. The topological polar surface area (TPSA) is 98.0 Å². The number of carbonyl (C=O) groups excluding carboxylic acids is 2. The molecule has 25 heavy (non-hydrogen) atoms. The third-order valence-electron chi connectivity index (χ3n) is 3.67. The highest BCUT2D eigenvalue weighted by atomic mass is 16.1. The monoisotopic (exact) mass is 332 g/mol. The van der Waals surface area contributed by atoms with E-state index in [1.807, 2.05) is 12.1 Å². The van der Waals surface area contributed by atoms with E-state index < -0.39 is 5.91 Å².